The summed E-state index contributed by atoms with van der Waals surface area (Å²) in [5, 5.41) is 11.3. The van der Waals surface area contributed by atoms with Gasteiger partial charge >= 0.3 is 5.56 Å². The lowest BCUT2D eigenvalue weighted by atomic mass is 10.3. The Morgan fingerprint density at radius 2 is 1.61 bits per heavy atom. The van der Waals surface area contributed by atoms with Crippen LogP contribution in [0.2, 0.25) is 0 Å². The third-order valence-corrected chi connectivity index (χ3v) is 5.44. The first-order chi connectivity index (χ1) is 15.1. The molecule has 158 valence electrons. The van der Waals surface area contributed by atoms with Crippen LogP contribution in [-0.4, -0.2) is 45.0 Å². The van der Waals surface area contributed by atoms with Crippen molar-refractivity contribution in [3.63, 3.8) is 0 Å². The molecule has 0 spiro atoms. The zero-order chi connectivity index (χ0) is 21.8. The number of hydrogen-bond acceptors (Lipinski definition) is 7. The van der Waals surface area contributed by atoms with Gasteiger partial charge in [0.2, 0.25) is 11.6 Å². The number of nitrogens with one attached hydrogen (secondary N) is 1. The van der Waals surface area contributed by atoms with Crippen LogP contribution in [0.15, 0.2) is 70.9 Å². The van der Waals surface area contributed by atoms with Crippen molar-refractivity contribution in [2.45, 2.75) is 5.16 Å². The normalized spacial score (nSPS) is 10.8. The van der Waals surface area contributed by atoms with Crippen molar-refractivity contribution in [3.8, 4) is 17.2 Å². The lowest BCUT2D eigenvalue weighted by Crippen LogP contribution is -2.20. The monoisotopic (exact) mass is 437 g/mol. The van der Waals surface area contributed by atoms with E-state index in [1.54, 1.807) is 79.5 Å². The summed E-state index contributed by atoms with van der Waals surface area (Å²) < 4.78 is 13.3. The SMILES string of the molecule is COc1ccc(NC(=O)CSc2nnc3c(=O)n(-c4ccc(OC)cc4)ccn23)cc1. The second-order valence-corrected chi connectivity index (χ2v) is 7.36. The molecule has 2 aromatic heterocycles. The lowest BCUT2D eigenvalue weighted by molar-refractivity contribution is -0.113. The zero-order valence-electron chi connectivity index (χ0n) is 16.8. The molecule has 0 saturated heterocycles. The molecule has 9 nitrogen and oxygen atoms in total. The van der Waals surface area contributed by atoms with Crippen LogP contribution >= 0.6 is 11.8 Å². The molecule has 0 saturated carbocycles. The van der Waals surface area contributed by atoms with Crippen molar-refractivity contribution >= 4 is 29.0 Å². The highest BCUT2D eigenvalue weighted by molar-refractivity contribution is 7.99. The minimum Gasteiger partial charge on any atom is -0.497 e. The van der Waals surface area contributed by atoms with E-state index in [1.165, 1.54) is 16.3 Å². The van der Waals surface area contributed by atoms with Crippen molar-refractivity contribution in [2.24, 2.45) is 0 Å². The maximum atomic E-state index is 12.8. The van der Waals surface area contributed by atoms with Gasteiger partial charge in [-0.25, -0.2) is 0 Å². The van der Waals surface area contributed by atoms with Gasteiger partial charge in [-0.15, -0.1) is 10.2 Å². The molecule has 1 N–H and O–H groups in total. The molecule has 2 aromatic carbocycles. The Bertz CT molecular complexity index is 1270. The topological polar surface area (TPSA) is 99.8 Å². The molecule has 4 rings (SSSR count). The van der Waals surface area contributed by atoms with Gasteiger partial charge in [-0.2, -0.15) is 0 Å². The molecule has 1 amide bonds. The van der Waals surface area contributed by atoms with Gasteiger partial charge in [0.15, 0.2) is 5.16 Å². The smallest absolute Gasteiger partial charge is 0.300 e. The zero-order valence-corrected chi connectivity index (χ0v) is 17.6. The number of carbonyl (C=O) groups excluding carboxylic acids is 1. The summed E-state index contributed by atoms with van der Waals surface area (Å²) in [6, 6.07) is 14.2. The van der Waals surface area contributed by atoms with E-state index in [0.717, 1.165) is 0 Å². The fourth-order valence-corrected chi connectivity index (χ4v) is 3.63. The summed E-state index contributed by atoms with van der Waals surface area (Å²) >= 11 is 1.19. The number of nitrogens with zero attached hydrogens (tertiary/aromatic N) is 4. The first-order valence-electron chi connectivity index (χ1n) is 9.26. The Morgan fingerprint density at radius 1 is 0.968 bits per heavy atom. The summed E-state index contributed by atoms with van der Waals surface area (Å²) in [4.78, 5) is 25.1. The highest BCUT2D eigenvalue weighted by atomic mass is 32.2. The van der Waals surface area contributed by atoms with E-state index in [2.05, 4.69) is 15.5 Å². The number of aromatic nitrogens is 4. The summed E-state index contributed by atoms with van der Waals surface area (Å²) in [7, 11) is 3.17. The number of carbonyl (C=O) groups is 1. The van der Waals surface area contributed by atoms with E-state index in [9.17, 15) is 9.59 Å². The average Bonchev–Trinajstić information content (AvgIpc) is 3.22. The molecule has 0 aliphatic rings. The average molecular weight is 437 g/mol. The molecule has 0 atom stereocenters. The molecule has 10 heteroatoms. The van der Waals surface area contributed by atoms with Crippen LogP contribution in [0.1, 0.15) is 0 Å². The summed E-state index contributed by atoms with van der Waals surface area (Å²) in [6.45, 7) is 0. The van der Waals surface area contributed by atoms with Crippen molar-refractivity contribution in [1.29, 1.82) is 0 Å². The van der Waals surface area contributed by atoms with Crippen LogP contribution in [0.4, 0.5) is 5.69 Å². The summed E-state index contributed by atoms with van der Waals surface area (Å²) in [5.41, 5.74) is 1.22. The molecule has 0 aliphatic carbocycles. The predicted octanol–water partition coefficient (Wildman–Crippen LogP) is 2.63. The Morgan fingerprint density at radius 3 is 2.26 bits per heavy atom. The number of amides is 1. The molecule has 2 heterocycles. The fraction of sp³-hybridized carbons (Fsp3) is 0.143. The number of thioether (sulfide) groups is 1. The number of rotatable bonds is 7. The highest BCUT2D eigenvalue weighted by Crippen LogP contribution is 2.19. The lowest BCUT2D eigenvalue weighted by Gasteiger charge is -2.08. The van der Waals surface area contributed by atoms with Gasteiger partial charge in [-0.3, -0.25) is 18.6 Å². The van der Waals surface area contributed by atoms with Crippen molar-refractivity contribution < 1.29 is 14.3 Å². The van der Waals surface area contributed by atoms with Gasteiger partial charge in [-0.1, -0.05) is 11.8 Å². The van der Waals surface area contributed by atoms with E-state index in [4.69, 9.17) is 9.47 Å². The second-order valence-electron chi connectivity index (χ2n) is 6.41. The third kappa shape index (κ3) is 4.38. The fourth-order valence-electron chi connectivity index (χ4n) is 2.91. The van der Waals surface area contributed by atoms with E-state index in [1.807, 2.05) is 0 Å². The van der Waals surface area contributed by atoms with E-state index >= 15 is 0 Å². The first kappa shape index (κ1) is 20.5. The number of hydrogen-bond donors (Lipinski definition) is 1. The standard InChI is InChI=1S/C21H19N5O4S/c1-29-16-7-3-14(4-8-16)22-18(27)13-31-21-24-23-19-20(28)25(11-12-26(19)21)15-5-9-17(30-2)10-6-15/h3-12H,13H2,1-2H3,(H,22,27). The quantitative estimate of drug-likeness (QED) is 0.444. The predicted molar refractivity (Wildman–Crippen MR) is 117 cm³/mol. The number of fused-ring (bicyclic) bond motifs is 1. The van der Waals surface area contributed by atoms with Crippen LogP contribution in [0.25, 0.3) is 11.3 Å². The molecule has 0 fully saturated rings. The Kier molecular flexibility index (Phi) is 5.89. The molecular formula is C21H19N5O4S. The molecule has 4 aromatic rings. The van der Waals surface area contributed by atoms with Gasteiger partial charge < -0.3 is 14.8 Å². The Balaban J connectivity index is 1.48. The second kappa shape index (κ2) is 8.92. The first-order valence-corrected chi connectivity index (χ1v) is 10.2. The van der Waals surface area contributed by atoms with Crippen LogP contribution < -0.4 is 20.3 Å². The van der Waals surface area contributed by atoms with Crippen LogP contribution in [0.5, 0.6) is 11.5 Å². The van der Waals surface area contributed by atoms with E-state index in [0.29, 0.717) is 28.0 Å². The maximum Gasteiger partial charge on any atom is 0.300 e. The van der Waals surface area contributed by atoms with Gasteiger partial charge in [0, 0.05) is 23.8 Å². The molecule has 0 radical (unpaired) electrons. The number of ether oxygens (including phenoxy) is 2. The molecule has 31 heavy (non-hydrogen) atoms. The summed E-state index contributed by atoms with van der Waals surface area (Å²) in [6.07, 6.45) is 3.34. The summed E-state index contributed by atoms with van der Waals surface area (Å²) in [5.74, 6) is 1.34. The van der Waals surface area contributed by atoms with Crippen LogP contribution in [-0.2, 0) is 4.79 Å². The number of anilines is 1. The Labute approximate surface area is 181 Å². The van der Waals surface area contributed by atoms with Gasteiger partial charge in [0.05, 0.1) is 20.0 Å². The van der Waals surface area contributed by atoms with Gasteiger partial charge in [0.1, 0.15) is 11.5 Å². The van der Waals surface area contributed by atoms with Crippen molar-refractivity contribution in [2.75, 3.05) is 25.3 Å². The van der Waals surface area contributed by atoms with Crippen LogP contribution in [0, 0.1) is 0 Å². The number of methoxy groups -OCH3 is 2. The van der Waals surface area contributed by atoms with E-state index < -0.39 is 0 Å². The largest absolute Gasteiger partial charge is 0.497 e. The molecule has 0 unspecified atom stereocenters. The van der Waals surface area contributed by atoms with Gasteiger partial charge in [0.25, 0.3) is 0 Å². The van der Waals surface area contributed by atoms with E-state index in [-0.39, 0.29) is 22.9 Å². The minimum absolute atomic E-state index is 0.119. The Hall–Kier alpha value is -3.79. The van der Waals surface area contributed by atoms with Crippen molar-refractivity contribution in [1.82, 2.24) is 19.2 Å². The van der Waals surface area contributed by atoms with Crippen LogP contribution in [0.3, 0.4) is 0 Å². The molecular weight excluding hydrogens is 418 g/mol. The van der Waals surface area contributed by atoms with Crippen molar-refractivity contribution in [3.05, 3.63) is 71.3 Å². The molecule has 0 bridgehead atoms. The highest BCUT2D eigenvalue weighted by Gasteiger charge is 2.14. The molecule has 0 aliphatic heterocycles. The number of benzene rings is 2. The minimum atomic E-state index is -0.310. The van der Waals surface area contributed by atoms with Gasteiger partial charge in [-0.05, 0) is 48.5 Å². The third-order valence-electron chi connectivity index (χ3n) is 4.50. The maximum absolute atomic E-state index is 12.8.